The number of hydrogen-bond donors (Lipinski definition) is 1. The molecule has 0 atom stereocenters. The Morgan fingerprint density at radius 3 is 2.43 bits per heavy atom. The minimum Gasteiger partial charge on any atom is -0.370 e. The van der Waals surface area contributed by atoms with E-state index >= 15 is 0 Å². The summed E-state index contributed by atoms with van der Waals surface area (Å²) < 4.78 is 13.0. The Morgan fingerprint density at radius 1 is 1.19 bits per heavy atom. The number of rotatable bonds is 5. The van der Waals surface area contributed by atoms with E-state index in [4.69, 9.17) is 0 Å². The summed E-state index contributed by atoms with van der Waals surface area (Å²) in [7, 11) is 1.91. The molecule has 4 nitrogen and oxygen atoms in total. The van der Waals surface area contributed by atoms with Crippen LogP contribution in [0.1, 0.15) is 32.5 Å². The summed E-state index contributed by atoms with van der Waals surface area (Å²) in [5, 5.41) is 3.22. The highest BCUT2D eigenvalue weighted by atomic mass is 19.1. The second-order valence-electron chi connectivity index (χ2n) is 5.19. The molecule has 5 heteroatoms. The normalized spacial score (nSPS) is 10.8. The molecule has 0 aliphatic carbocycles. The maximum absolute atomic E-state index is 13.0. The van der Waals surface area contributed by atoms with Crippen LogP contribution in [0.15, 0.2) is 30.3 Å². The second kappa shape index (κ2) is 6.52. The first-order chi connectivity index (χ1) is 10.0. The third-order valence-corrected chi connectivity index (χ3v) is 3.16. The van der Waals surface area contributed by atoms with Crippen molar-refractivity contribution in [2.45, 2.75) is 26.7 Å². The van der Waals surface area contributed by atoms with Gasteiger partial charge in [-0.15, -0.1) is 0 Å². The molecule has 0 spiro atoms. The molecule has 0 aliphatic rings. The molecule has 0 fully saturated rings. The first-order valence-corrected chi connectivity index (χ1v) is 7.13. The summed E-state index contributed by atoms with van der Waals surface area (Å²) in [5.41, 5.74) is 0.882. The Bertz CT molecular complexity index is 596. The van der Waals surface area contributed by atoms with Crippen LogP contribution in [0.3, 0.4) is 0 Å². The largest absolute Gasteiger partial charge is 0.370 e. The predicted molar refractivity (Wildman–Crippen MR) is 84.7 cm³/mol. The van der Waals surface area contributed by atoms with Gasteiger partial charge in [-0.25, -0.2) is 14.4 Å². The lowest BCUT2D eigenvalue weighted by molar-refractivity contribution is 0.628. The maximum atomic E-state index is 13.0. The number of aromatic nitrogens is 2. The van der Waals surface area contributed by atoms with Gasteiger partial charge in [0.2, 0.25) is 0 Å². The van der Waals surface area contributed by atoms with Crippen LogP contribution in [0.4, 0.5) is 21.7 Å². The Morgan fingerprint density at radius 2 is 1.86 bits per heavy atom. The van der Waals surface area contributed by atoms with E-state index in [0.29, 0.717) is 0 Å². The van der Waals surface area contributed by atoms with Gasteiger partial charge >= 0.3 is 0 Å². The molecule has 21 heavy (non-hydrogen) atoms. The zero-order valence-electron chi connectivity index (χ0n) is 12.9. The number of benzene rings is 1. The number of nitrogens with one attached hydrogen (secondary N) is 1. The van der Waals surface area contributed by atoms with E-state index in [1.165, 1.54) is 12.1 Å². The van der Waals surface area contributed by atoms with E-state index < -0.39 is 0 Å². The Hall–Kier alpha value is -2.17. The van der Waals surface area contributed by atoms with E-state index in [1.807, 2.05) is 24.9 Å². The molecular weight excluding hydrogens is 267 g/mol. The molecule has 0 amide bonds. The minimum absolute atomic E-state index is 0.240. The van der Waals surface area contributed by atoms with Crippen LogP contribution < -0.4 is 10.2 Å². The van der Waals surface area contributed by atoms with Gasteiger partial charge in [0, 0.05) is 31.3 Å². The lowest BCUT2D eigenvalue weighted by atomic mass is 10.2. The zero-order chi connectivity index (χ0) is 15.4. The summed E-state index contributed by atoms with van der Waals surface area (Å²) in [6.45, 7) is 6.95. The number of halogens is 1. The quantitative estimate of drug-likeness (QED) is 0.904. The van der Waals surface area contributed by atoms with Crippen molar-refractivity contribution in [1.29, 1.82) is 0 Å². The number of anilines is 3. The molecule has 0 bridgehead atoms. The summed E-state index contributed by atoms with van der Waals surface area (Å²) in [5.74, 6) is 2.38. The molecular formula is C16H21FN4. The molecule has 1 heterocycles. The Balaban J connectivity index is 2.39. The van der Waals surface area contributed by atoms with Gasteiger partial charge in [0.25, 0.3) is 0 Å². The topological polar surface area (TPSA) is 41.0 Å². The monoisotopic (exact) mass is 288 g/mol. The molecule has 0 unspecified atom stereocenters. The zero-order valence-corrected chi connectivity index (χ0v) is 12.9. The van der Waals surface area contributed by atoms with Gasteiger partial charge in [0.05, 0.1) is 0 Å². The van der Waals surface area contributed by atoms with Gasteiger partial charge in [-0.05, 0) is 31.2 Å². The van der Waals surface area contributed by atoms with Crippen molar-refractivity contribution in [2.75, 3.05) is 23.8 Å². The van der Waals surface area contributed by atoms with Crippen molar-refractivity contribution in [3.63, 3.8) is 0 Å². The van der Waals surface area contributed by atoms with Crippen molar-refractivity contribution in [3.8, 4) is 0 Å². The van der Waals surface area contributed by atoms with E-state index in [1.54, 1.807) is 12.1 Å². The van der Waals surface area contributed by atoms with Crippen molar-refractivity contribution in [2.24, 2.45) is 0 Å². The second-order valence-corrected chi connectivity index (χ2v) is 5.19. The first kappa shape index (κ1) is 15.2. The molecule has 0 saturated carbocycles. The summed E-state index contributed by atoms with van der Waals surface area (Å²) in [6.07, 6.45) is 0. The van der Waals surface area contributed by atoms with Crippen molar-refractivity contribution in [1.82, 2.24) is 9.97 Å². The van der Waals surface area contributed by atoms with Crippen LogP contribution >= 0.6 is 0 Å². The minimum atomic E-state index is -0.244. The smallest absolute Gasteiger partial charge is 0.138 e. The van der Waals surface area contributed by atoms with Crippen molar-refractivity contribution < 1.29 is 4.39 Å². The third kappa shape index (κ3) is 3.68. The molecule has 2 aromatic rings. The van der Waals surface area contributed by atoms with Gasteiger partial charge in [-0.3, -0.25) is 0 Å². The highest BCUT2D eigenvalue weighted by Crippen LogP contribution is 2.25. The van der Waals surface area contributed by atoms with Gasteiger partial charge in [-0.1, -0.05) is 13.8 Å². The van der Waals surface area contributed by atoms with Gasteiger partial charge < -0.3 is 10.2 Å². The third-order valence-electron chi connectivity index (χ3n) is 3.16. The van der Waals surface area contributed by atoms with Gasteiger partial charge in [0.1, 0.15) is 23.3 Å². The average molecular weight is 288 g/mol. The molecule has 2 rings (SSSR count). The van der Waals surface area contributed by atoms with Crippen LogP contribution in [-0.2, 0) is 0 Å². The molecule has 1 N–H and O–H groups in total. The molecule has 0 radical (unpaired) electrons. The molecule has 0 aliphatic heterocycles. The van der Waals surface area contributed by atoms with E-state index in [0.717, 1.165) is 29.7 Å². The molecule has 1 aromatic heterocycles. The average Bonchev–Trinajstić information content (AvgIpc) is 2.47. The summed E-state index contributed by atoms with van der Waals surface area (Å²) >= 11 is 0. The summed E-state index contributed by atoms with van der Waals surface area (Å²) in [4.78, 5) is 11.0. The number of nitrogens with zero attached hydrogens (tertiary/aromatic N) is 3. The lowest BCUT2D eigenvalue weighted by Gasteiger charge is -2.20. The van der Waals surface area contributed by atoms with E-state index in [9.17, 15) is 4.39 Å². The Labute approximate surface area is 125 Å². The molecule has 112 valence electrons. The fraction of sp³-hybridized carbons (Fsp3) is 0.375. The van der Waals surface area contributed by atoms with Crippen LogP contribution in [0.25, 0.3) is 0 Å². The van der Waals surface area contributed by atoms with Crippen LogP contribution in [0.2, 0.25) is 0 Å². The molecule has 1 aromatic carbocycles. The fourth-order valence-corrected chi connectivity index (χ4v) is 1.95. The highest BCUT2D eigenvalue weighted by molar-refractivity contribution is 5.61. The summed E-state index contributed by atoms with van der Waals surface area (Å²) in [6, 6.07) is 8.26. The highest BCUT2D eigenvalue weighted by Gasteiger charge is 2.12. The first-order valence-electron chi connectivity index (χ1n) is 7.13. The van der Waals surface area contributed by atoms with Crippen LogP contribution in [0.5, 0.6) is 0 Å². The van der Waals surface area contributed by atoms with Crippen molar-refractivity contribution >= 4 is 17.3 Å². The van der Waals surface area contributed by atoms with E-state index in [2.05, 4.69) is 29.1 Å². The fourth-order valence-electron chi connectivity index (χ4n) is 1.95. The lowest BCUT2D eigenvalue weighted by Crippen LogP contribution is -2.14. The van der Waals surface area contributed by atoms with Gasteiger partial charge in [-0.2, -0.15) is 0 Å². The van der Waals surface area contributed by atoms with E-state index in [-0.39, 0.29) is 11.7 Å². The van der Waals surface area contributed by atoms with Crippen LogP contribution in [-0.4, -0.2) is 23.6 Å². The molecule has 0 saturated heterocycles. The van der Waals surface area contributed by atoms with Crippen molar-refractivity contribution in [3.05, 3.63) is 42.0 Å². The standard InChI is InChI=1S/C16H21FN4/c1-5-18-14-10-15(20-16(19-14)11(2)3)21(4)13-8-6-12(17)7-9-13/h6-11H,5H2,1-4H3,(H,18,19,20). The van der Waals surface area contributed by atoms with Gasteiger partial charge in [0.15, 0.2) is 0 Å². The maximum Gasteiger partial charge on any atom is 0.138 e. The van der Waals surface area contributed by atoms with Crippen LogP contribution in [0, 0.1) is 5.82 Å². The number of hydrogen-bond acceptors (Lipinski definition) is 4. The SMILES string of the molecule is CCNc1cc(N(C)c2ccc(F)cc2)nc(C(C)C)n1. The predicted octanol–water partition coefficient (Wildman–Crippen LogP) is 3.94. The Kier molecular flexibility index (Phi) is 4.73.